The summed E-state index contributed by atoms with van der Waals surface area (Å²) in [7, 11) is 1.49. The van der Waals surface area contributed by atoms with E-state index in [1.165, 1.54) is 12.0 Å². The van der Waals surface area contributed by atoms with Gasteiger partial charge in [0.15, 0.2) is 0 Å². The first-order valence-electron chi connectivity index (χ1n) is 4.69. The van der Waals surface area contributed by atoms with Gasteiger partial charge in [-0.25, -0.2) is 4.79 Å². The molecule has 0 aromatic carbocycles. The second kappa shape index (κ2) is 5.79. The standard InChI is InChI=1S/C10H14N2O4/c1-3-4-16-11-8-5-9(15-2)7-12(6-8)10(13)14/h3,5H,1,4,6-7H2,2H3,(H,13,14)/b11-8+. The zero-order valence-electron chi connectivity index (χ0n) is 9.05. The zero-order chi connectivity index (χ0) is 12.0. The summed E-state index contributed by atoms with van der Waals surface area (Å²) in [6, 6.07) is 0. The monoisotopic (exact) mass is 226 g/mol. The second-order valence-corrected chi connectivity index (χ2v) is 3.12. The molecule has 1 aliphatic rings. The number of hydrogen-bond acceptors (Lipinski definition) is 4. The lowest BCUT2D eigenvalue weighted by molar-refractivity contribution is 0.141. The third kappa shape index (κ3) is 3.30. The van der Waals surface area contributed by atoms with Gasteiger partial charge in [-0.2, -0.15) is 0 Å². The Balaban J connectivity index is 2.72. The van der Waals surface area contributed by atoms with Crippen molar-refractivity contribution in [3.8, 4) is 0 Å². The smallest absolute Gasteiger partial charge is 0.408 e. The average Bonchev–Trinajstić information content (AvgIpc) is 2.29. The van der Waals surface area contributed by atoms with Gasteiger partial charge >= 0.3 is 6.09 Å². The Hall–Kier alpha value is -1.98. The fraction of sp³-hybridized carbons (Fsp3) is 0.400. The SMILES string of the molecule is C=CCO/N=C1\C=C(OC)CN(C(=O)O)C1. The van der Waals surface area contributed by atoms with Crippen molar-refractivity contribution in [2.45, 2.75) is 0 Å². The van der Waals surface area contributed by atoms with Crippen LogP contribution in [0.15, 0.2) is 29.6 Å². The maximum Gasteiger partial charge on any atom is 0.408 e. The van der Waals surface area contributed by atoms with Crippen molar-refractivity contribution in [1.29, 1.82) is 0 Å². The molecule has 0 saturated heterocycles. The summed E-state index contributed by atoms with van der Waals surface area (Å²) in [6.07, 6.45) is 2.21. The Bertz CT molecular complexity index is 336. The summed E-state index contributed by atoms with van der Waals surface area (Å²) < 4.78 is 5.01. The van der Waals surface area contributed by atoms with Gasteiger partial charge in [0, 0.05) is 6.08 Å². The number of nitrogens with zero attached hydrogens (tertiary/aromatic N) is 2. The van der Waals surface area contributed by atoms with Gasteiger partial charge in [-0.05, 0) is 0 Å². The van der Waals surface area contributed by atoms with Crippen LogP contribution in [0.1, 0.15) is 0 Å². The van der Waals surface area contributed by atoms with Crippen molar-refractivity contribution in [3.63, 3.8) is 0 Å². The Morgan fingerprint density at radius 1 is 1.75 bits per heavy atom. The lowest BCUT2D eigenvalue weighted by Gasteiger charge is -2.24. The summed E-state index contributed by atoms with van der Waals surface area (Å²) in [4.78, 5) is 16.9. The van der Waals surface area contributed by atoms with Crippen molar-refractivity contribution >= 4 is 11.8 Å². The molecule has 0 aliphatic carbocycles. The van der Waals surface area contributed by atoms with E-state index < -0.39 is 6.09 Å². The average molecular weight is 226 g/mol. The third-order valence-electron chi connectivity index (χ3n) is 1.93. The van der Waals surface area contributed by atoms with Gasteiger partial charge in [0.2, 0.25) is 0 Å². The largest absolute Gasteiger partial charge is 0.499 e. The van der Waals surface area contributed by atoms with Gasteiger partial charge in [-0.1, -0.05) is 17.8 Å². The van der Waals surface area contributed by atoms with E-state index in [0.29, 0.717) is 11.5 Å². The molecule has 0 aromatic rings. The number of rotatable bonds is 4. The van der Waals surface area contributed by atoms with E-state index in [9.17, 15) is 4.79 Å². The molecule has 6 heteroatoms. The van der Waals surface area contributed by atoms with E-state index in [0.717, 1.165) is 0 Å². The lowest BCUT2D eigenvalue weighted by atomic mass is 10.2. The Kier molecular flexibility index (Phi) is 4.38. The van der Waals surface area contributed by atoms with Crippen LogP contribution < -0.4 is 0 Å². The molecule has 1 aliphatic heterocycles. The van der Waals surface area contributed by atoms with Gasteiger partial charge in [0.05, 0.1) is 20.2 Å². The van der Waals surface area contributed by atoms with Gasteiger partial charge in [-0.15, -0.1) is 0 Å². The summed E-state index contributed by atoms with van der Waals surface area (Å²) in [5.74, 6) is 0.537. The third-order valence-corrected chi connectivity index (χ3v) is 1.93. The molecule has 1 heterocycles. The van der Waals surface area contributed by atoms with E-state index in [2.05, 4.69) is 11.7 Å². The number of carbonyl (C=O) groups is 1. The van der Waals surface area contributed by atoms with Crippen molar-refractivity contribution in [2.24, 2.45) is 5.16 Å². The molecule has 0 spiro atoms. The molecule has 0 aromatic heterocycles. The number of hydrogen-bond donors (Lipinski definition) is 1. The topological polar surface area (TPSA) is 71.4 Å². The maximum absolute atomic E-state index is 10.8. The Morgan fingerprint density at radius 2 is 2.50 bits per heavy atom. The van der Waals surface area contributed by atoms with Crippen LogP contribution in [0.2, 0.25) is 0 Å². The van der Waals surface area contributed by atoms with E-state index >= 15 is 0 Å². The highest BCUT2D eigenvalue weighted by atomic mass is 16.6. The molecule has 6 nitrogen and oxygen atoms in total. The number of ether oxygens (including phenoxy) is 1. The first-order valence-corrected chi connectivity index (χ1v) is 4.69. The molecule has 0 fully saturated rings. The first kappa shape index (κ1) is 12.1. The molecule has 0 atom stereocenters. The van der Waals surface area contributed by atoms with Crippen molar-refractivity contribution in [3.05, 3.63) is 24.5 Å². The molecule has 0 bridgehead atoms. The lowest BCUT2D eigenvalue weighted by Crippen LogP contribution is -2.39. The highest BCUT2D eigenvalue weighted by Gasteiger charge is 2.21. The molecule has 88 valence electrons. The van der Waals surface area contributed by atoms with Crippen LogP contribution in [0.3, 0.4) is 0 Å². The minimum absolute atomic E-state index is 0.194. The molecule has 1 rings (SSSR count). The summed E-state index contributed by atoms with van der Waals surface area (Å²) >= 11 is 0. The van der Waals surface area contributed by atoms with Crippen molar-refractivity contribution in [2.75, 3.05) is 26.8 Å². The molecular weight excluding hydrogens is 212 g/mol. The normalized spacial score (nSPS) is 17.9. The number of oxime groups is 1. The minimum Gasteiger partial charge on any atom is -0.499 e. The van der Waals surface area contributed by atoms with Crippen LogP contribution in [-0.2, 0) is 9.57 Å². The molecule has 1 amide bonds. The molecule has 16 heavy (non-hydrogen) atoms. The van der Waals surface area contributed by atoms with Crippen LogP contribution in [0.5, 0.6) is 0 Å². The summed E-state index contributed by atoms with van der Waals surface area (Å²) in [5.41, 5.74) is 0.507. The summed E-state index contributed by atoms with van der Waals surface area (Å²) in [6.45, 7) is 4.19. The molecule has 0 unspecified atom stereocenters. The van der Waals surface area contributed by atoms with E-state index in [-0.39, 0.29) is 19.7 Å². The maximum atomic E-state index is 10.8. The Labute approximate surface area is 93.4 Å². The molecular formula is C10H14N2O4. The number of methoxy groups -OCH3 is 1. The fourth-order valence-electron chi connectivity index (χ4n) is 1.20. The van der Waals surface area contributed by atoms with Crippen molar-refractivity contribution in [1.82, 2.24) is 4.90 Å². The van der Waals surface area contributed by atoms with Gasteiger partial charge in [0.25, 0.3) is 0 Å². The van der Waals surface area contributed by atoms with E-state index in [1.807, 2.05) is 0 Å². The summed E-state index contributed by atoms with van der Waals surface area (Å²) in [5, 5.41) is 12.7. The predicted molar refractivity (Wildman–Crippen MR) is 58.3 cm³/mol. The van der Waals surface area contributed by atoms with Crippen molar-refractivity contribution < 1.29 is 19.5 Å². The predicted octanol–water partition coefficient (Wildman–Crippen LogP) is 1.07. The van der Waals surface area contributed by atoms with E-state index in [4.69, 9.17) is 14.7 Å². The van der Waals surface area contributed by atoms with Crippen LogP contribution in [0, 0.1) is 0 Å². The van der Waals surface area contributed by atoms with Gasteiger partial charge in [0.1, 0.15) is 18.1 Å². The highest BCUT2D eigenvalue weighted by molar-refractivity contribution is 5.99. The number of amides is 1. The first-order chi connectivity index (χ1) is 7.67. The minimum atomic E-state index is -1.01. The molecule has 1 N–H and O–H groups in total. The van der Waals surface area contributed by atoms with Crippen LogP contribution in [-0.4, -0.2) is 48.6 Å². The Morgan fingerprint density at radius 3 is 3.06 bits per heavy atom. The second-order valence-electron chi connectivity index (χ2n) is 3.12. The van der Waals surface area contributed by atoms with E-state index in [1.54, 1.807) is 12.2 Å². The van der Waals surface area contributed by atoms with Gasteiger partial charge in [-0.3, -0.25) is 4.90 Å². The highest BCUT2D eigenvalue weighted by Crippen LogP contribution is 2.09. The van der Waals surface area contributed by atoms with Crippen LogP contribution >= 0.6 is 0 Å². The van der Waals surface area contributed by atoms with Crippen LogP contribution in [0.25, 0.3) is 0 Å². The molecule has 0 saturated carbocycles. The van der Waals surface area contributed by atoms with Gasteiger partial charge < -0.3 is 14.7 Å². The van der Waals surface area contributed by atoms with Crippen LogP contribution in [0.4, 0.5) is 4.79 Å². The molecule has 0 radical (unpaired) electrons. The zero-order valence-corrected chi connectivity index (χ0v) is 9.05. The number of carboxylic acid groups (broad SMARTS) is 1. The quantitative estimate of drug-likeness (QED) is 0.442. The fourth-order valence-corrected chi connectivity index (χ4v) is 1.20.